The van der Waals surface area contributed by atoms with E-state index in [0.29, 0.717) is 10.7 Å². The van der Waals surface area contributed by atoms with Crippen LogP contribution in [-0.4, -0.2) is 18.1 Å². The van der Waals surface area contributed by atoms with Crippen LogP contribution in [0, 0.1) is 0 Å². The molecule has 0 saturated heterocycles. The molecule has 0 spiro atoms. The van der Waals surface area contributed by atoms with Crippen LogP contribution in [0.15, 0.2) is 22.7 Å². The molecule has 0 unspecified atom stereocenters. The number of fused-ring (bicyclic) bond motifs is 1. The number of esters is 1. The summed E-state index contributed by atoms with van der Waals surface area (Å²) in [6.07, 6.45) is 0. The summed E-state index contributed by atoms with van der Waals surface area (Å²) in [7, 11) is 1.34. The second-order valence-electron chi connectivity index (χ2n) is 3.00. The molecule has 0 amide bonds. The van der Waals surface area contributed by atoms with Crippen molar-refractivity contribution in [2.45, 2.75) is 0 Å². The first kappa shape index (κ1) is 10.5. The van der Waals surface area contributed by atoms with Crippen molar-refractivity contribution in [1.82, 2.24) is 4.98 Å². The Morgan fingerprint density at radius 1 is 1.53 bits per heavy atom. The summed E-state index contributed by atoms with van der Waals surface area (Å²) in [6.45, 7) is 0. The molecule has 78 valence electrons. The molecule has 2 aromatic rings. The molecule has 15 heavy (non-hydrogen) atoms. The van der Waals surface area contributed by atoms with Gasteiger partial charge in [-0.2, -0.15) is 0 Å². The highest BCUT2D eigenvalue weighted by Gasteiger charge is 2.12. The Bertz CT molecular complexity index is 535. The highest BCUT2D eigenvalue weighted by Crippen LogP contribution is 2.31. The molecular formula is C10H7BrClNO2. The van der Waals surface area contributed by atoms with Crippen LogP contribution in [-0.2, 0) is 4.74 Å². The summed E-state index contributed by atoms with van der Waals surface area (Å²) in [5.74, 6) is -0.394. The van der Waals surface area contributed by atoms with E-state index in [9.17, 15) is 4.79 Å². The van der Waals surface area contributed by atoms with Gasteiger partial charge in [0, 0.05) is 15.4 Å². The fourth-order valence-electron chi connectivity index (χ4n) is 1.36. The van der Waals surface area contributed by atoms with Gasteiger partial charge in [0.05, 0.1) is 12.1 Å². The SMILES string of the molecule is COC(=O)c1cc2c(Br)c(Cl)ccc2[nH]1. The van der Waals surface area contributed by atoms with E-state index in [0.717, 1.165) is 15.4 Å². The van der Waals surface area contributed by atoms with Crippen molar-refractivity contribution < 1.29 is 9.53 Å². The minimum Gasteiger partial charge on any atom is -0.464 e. The van der Waals surface area contributed by atoms with E-state index in [1.54, 1.807) is 12.1 Å². The minimum absolute atomic E-state index is 0.394. The van der Waals surface area contributed by atoms with Crippen molar-refractivity contribution >= 4 is 44.4 Å². The number of methoxy groups -OCH3 is 1. The van der Waals surface area contributed by atoms with Gasteiger partial charge in [-0.25, -0.2) is 4.79 Å². The predicted molar refractivity (Wildman–Crippen MR) is 62.3 cm³/mol. The molecule has 5 heteroatoms. The van der Waals surface area contributed by atoms with Crippen molar-refractivity contribution in [3.63, 3.8) is 0 Å². The number of H-pyrrole nitrogens is 1. The van der Waals surface area contributed by atoms with Gasteiger partial charge in [0.25, 0.3) is 0 Å². The summed E-state index contributed by atoms with van der Waals surface area (Å²) in [4.78, 5) is 14.2. The first-order chi connectivity index (χ1) is 7.13. The number of rotatable bonds is 1. The number of carbonyl (C=O) groups is 1. The smallest absolute Gasteiger partial charge is 0.354 e. The molecule has 1 aromatic carbocycles. The standard InChI is InChI=1S/C10H7BrClNO2/c1-15-10(14)8-4-5-7(13-8)3-2-6(12)9(5)11/h2-4,13H,1H3. The van der Waals surface area contributed by atoms with Crippen molar-refractivity contribution in [2.75, 3.05) is 7.11 Å². The fraction of sp³-hybridized carbons (Fsp3) is 0.100. The van der Waals surface area contributed by atoms with Crippen molar-refractivity contribution in [2.24, 2.45) is 0 Å². The van der Waals surface area contributed by atoms with Crippen LogP contribution in [0.5, 0.6) is 0 Å². The molecular weight excluding hydrogens is 281 g/mol. The molecule has 1 heterocycles. The van der Waals surface area contributed by atoms with E-state index in [-0.39, 0.29) is 0 Å². The quantitative estimate of drug-likeness (QED) is 0.818. The molecule has 0 fully saturated rings. The lowest BCUT2D eigenvalue weighted by Gasteiger charge is -1.95. The number of nitrogens with one attached hydrogen (secondary N) is 1. The molecule has 0 saturated carbocycles. The van der Waals surface area contributed by atoms with Gasteiger partial charge in [-0.1, -0.05) is 11.6 Å². The van der Waals surface area contributed by atoms with E-state index >= 15 is 0 Å². The van der Waals surface area contributed by atoms with Crippen molar-refractivity contribution in [3.8, 4) is 0 Å². The molecule has 2 rings (SSSR count). The third-order valence-electron chi connectivity index (χ3n) is 2.10. The second kappa shape index (κ2) is 3.87. The van der Waals surface area contributed by atoms with Crippen LogP contribution in [0.2, 0.25) is 5.02 Å². The normalized spacial score (nSPS) is 10.6. The van der Waals surface area contributed by atoms with Crippen LogP contribution in [0.1, 0.15) is 10.5 Å². The largest absolute Gasteiger partial charge is 0.464 e. The number of benzene rings is 1. The Kier molecular flexibility index (Phi) is 2.71. The van der Waals surface area contributed by atoms with E-state index in [1.807, 2.05) is 6.07 Å². The minimum atomic E-state index is -0.394. The average molecular weight is 289 g/mol. The molecule has 3 nitrogen and oxygen atoms in total. The highest BCUT2D eigenvalue weighted by molar-refractivity contribution is 9.10. The number of hydrogen-bond acceptors (Lipinski definition) is 2. The summed E-state index contributed by atoms with van der Waals surface area (Å²) in [5.41, 5.74) is 1.25. The van der Waals surface area contributed by atoms with E-state index in [2.05, 4.69) is 25.7 Å². The van der Waals surface area contributed by atoms with Crippen LogP contribution >= 0.6 is 27.5 Å². The second-order valence-corrected chi connectivity index (χ2v) is 4.20. The Morgan fingerprint density at radius 3 is 2.93 bits per heavy atom. The lowest BCUT2D eigenvalue weighted by atomic mass is 10.2. The Labute approximate surface area is 99.5 Å². The number of aromatic amines is 1. The topological polar surface area (TPSA) is 42.1 Å². The third-order valence-corrected chi connectivity index (χ3v) is 3.49. The summed E-state index contributed by atoms with van der Waals surface area (Å²) < 4.78 is 5.39. The molecule has 0 radical (unpaired) electrons. The van der Waals surface area contributed by atoms with Gasteiger partial charge in [-0.3, -0.25) is 0 Å². The average Bonchev–Trinajstić information content (AvgIpc) is 2.67. The monoisotopic (exact) mass is 287 g/mol. The molecule has 0 bridgehead atoms. The van der Waals surface area contributed by atoms with E-state index < -0.39 is 5.97 Å². The zero-order valence-electron chi connectivity index (χ0n) is 7.80. The van der Waals surface area contributed by atoms with Gasteiger partial charge in [-0.05, 0) is 34.1 Å². The zero-order chi connectivity index (χ0) is 11.0. The Balaban J connectivity index is 2.66. The van der Waals surface area contributed by atoms with Gasteiger partial charge >= 0.3 is 5.97 Å². The molecule has 1 N–H and O–H groups in total. The maximum atomic E-state index is 11.3. The van der Waals surface area contributed by atoms with Gasteiger partial charge in [0.15, 0.2) is 0 Å². The van der Waals surface area contributed by atoms with Crippen LogP contribution in [0.25, 0.3) is 10.9 Å². The summed E-state index contributed by atoms with van der Waals surface area (Å²) in [5, 5.41) is 1.47. The fourth-order valence-corrected chi connectivity index (χ4v) is 1.99. The van der Waals surface area contributed by atoms with Crippen molar-refractivity contribution in [3.05, 3.63) is 33.4 Å². The van der Waals surface area contributed by atoms with Gasteiger partial charge < -0.3 is 9.72 Å². The van der Waals surface area contributed by atoms with Gasteiger partial charge in [0.1, 0.15) is 5.69 Å². The summed E-state index contributed by atoms with van der Waals surface area (Å²) >= 11 is 9.29. The first-order valence-electron chi connectivity index (χ1n) is 4.18. The predicted octanol–water partition coefficient (Wildman–Crippen LogP) is 3.37. The van der Waals surface area contributed by atoms with Crippen LogP contribution < -0.4 is 0 Å². The third kappa shape index (κ3) is 1.75. The van der Waals surface area contributed by atoms with Crippen LogP contribution in [0.3, 0.4) is 0 Å². The number of carbonyl (C=O) groups excluding carboxylic acids is 1. The maximum absolute atomic E-state index is 11.3. The van der Waals surface area contributed by atoms with E-state index in [4.69, 9.17) is 11.6 Å². The van der Waals surface area contributed by atoms with E-state index in [1.165, 1.54) is 7.11 Å². The summed E-state index contributed by atoms with van der Waals surface area (Å²) in [6, 6.07) is 5.28. The zero-order valence-corrected chi connectivity index (χ0v) is 10.1. The first-order valence-corrected chi connectivity index (χ1v) is 5.35. The number of hydrogen-bond donors (Lipinski definition) is 1. The maximum Gasteiger partial charge on any atom is 0.354 e. The number of ether oxygens (including phenoxy) is 1. The lowest BCUT2D eigenvalue weighted by molar-refractivity contribution is 0.0595. The molecule has 0 aliphatic heterocycles. The number of aromatic nitrogens is 1. The Morgan fingerprint density at radius 2 is 2.27 bits per heavy atom. The highest BCUT2D eigenvalue weighted by atomic mass is 79.9. The molecule has 0 aliphatic rings. The molecule has 0 aliphatic carbocycles. The van der Waals surface area contributed by atoms with Gasteiger partial charge in [-0.15, -0.1) is 0 Å². The Hall–Kier alpha value is -1.00. The molecule has 0 atom stereocenters. The number of halogens is 2. The van der Waals surface area contributed by atoms with Crippen LogP contribution in [0.4, 0.5) is 0 Å². The lowest BCUT2D eigenvalue weighted by Crippen LogP contribution is -2.00. The molecule has 1 aromatic heterocycles. The van der Waals surface area contributed by atoms with Crippen molar-refractivity contribution in [1.29, 1.82) is 0 Å². The van der Waals surface area contributed by atoms with Gasteiger partial charge in [0.2, 0.25) is 0 Å².